The summed E-state index contributed by atoms with van der Waals surface area (Å²) in [6.45, 7) is -0.253. The van der Waals surface area contributed by atoms with Crippen molar-refractivity contribution in [2.45, 2.75) is 6.10 Å². The van der Waals surface area contributed by atoms with Gasteiger partial charge < -0.3 is 14.8 Å². The number of hydrogen-bond donors (Lipinski definition) is 3. The van der Waals surface area contributed by atoms with E-state index in [1.807, 2.05) is 28.7 Å². The van der Waals surface area contributed by atoms with Crippen molar-refractivity contribution in [1.29, 1.82) is 0 Å². The molecule has 1 aliphatic heterocycles. The fourth-order valence-electron chi connectivity index (χ4n) is 2.31. The van der Waals surface area contributed by atoms with Crippen molar-refractivity contribution in [3.8, 4) is 11.5 Å². The van der Waals surface area contributed by atoms with Gasteiger partial charge in [-0.15, -0.1) is 0 Å². The lowest BCUT2D eigenvalue weighted by Crippen LogP contribution is -2.52. The largest absolute Gasteiger partial charge is 0.485 e. The van der Waals surface area contributed by atoms with Gasteiger partial charge in [0, 0.05) is 3.57 Å². The summed E-state index contributed by atoms with van der Waals surface area (Å²) >= 11 is 2.04. The van der Waals surface area contributed by atoms with Crippen molar-refractivity contribution in [2.75, 3.05) is 13.2 Å². The molecule has 1 aliphatic rings. The summed E-state index contributed by atoms with van der Waals surface area (Å²) in [7, 11) is 0. The molecule has 1 heterocycles. The van der Waals surface area contributed by atoms with Gasteiger partial charge in [-0.25, -0.2) is 0 Å². The van der Waals surface area contributed by atoms with Crippen molar-refractivity contribution in [3.63, 3.8) is 0 Å². The number of ether oxygens (including phenoxy) is 2. The zero-order valence-electron chi connectivity index (χ0n) is 14.0. The standard InChI is InChI=1S/C18H16IN3O5/c19-12-6-2-1-5-11(12)17(24)20-9-16(23)21-22-18(25)15-10-26-13-7-3-4-8-14(13)27-15/h1-8,15H,9-10H2,(H,20,24)(H,21,23)(H,22,25). The van der Waals surface area contributed by atoms with Crippen LogP contribution >= 0.6 is 22.6 Å². The van der Waals surface area contributed by atoms with Crippen LogP contribution < -0.4 is 25.6 Å². The highest BCUT2D eigenvalue weighted by atomic mass is 127. The van der Waals surface area contributed by atoms with E-state index in [0.29, 0.717) is 17.1 Å². The summed E-state index contributed by atoms with van der Waals surface area (Å²) in [5.41, 5.74) is 4.97. The Kier molecular flexibility index (Phi) is 6.12. The number of hydrazine groups is 1. The van der Waals surface area contributed by atoms with E-state index in [2.05, 4.69) is 16.2 Å². The normalized spacial score (nSPS) is 14.8. The van der Waals surface area contributed by atoms with Crippen LogP contribution in [-0.2, 0) is 9.59 Å². The van der Waals surface area contributed by atoms with Gasteiger partial charge in [0.1, 0.15) is 6.61 Å². The minimum Gasteiger partial charge on any atom is -0.485 e. The molecule has 2 aromatic rings. The quantitative estimate of drug-likeness (QED) is 0.447. The number of fused-ring (bicyclic) bond motifs is 1. The SMILES string of the molecule is O=C(CNC(=O)c1ccccc1I)NNC(=O)C1COc2ccccc2O1. The van der Waals surface area contributed by atoms with Crippen molar-refractivity contribution < 1.29 is 23.9 Å². The third-order valence-corrected chi connectivity index (χ3v) is 4.59. The number of carbonyl (C=O) groups excluding carboxylic acids is 3. The average Bonchev–Trinajstić information content (AvgIpc) is 2.70. The lowest BCUT2D eigenvalue weighted by molar-refractivity contribution is -0.134. The van der Waals surface area contributed by atoms with Gasteiger partial charge in [-0.1, -0.05) is 24.3 Å². The molecular weight excluding hydrogens is 465 g/mol. The molecule has 3 N–H and O–H groups in total. The molecule has 140 valence electrons. The van der Waals surface area contributed by atoms with E-state index in [0.717, 1.165) is 3.57 Å². The molecule has 0 spiro atoms. The Morgan fingerprint density at radius 1 is 1.00 bits per heavy atom. The highest BCUT2D eigenvalue weighted by molar-refractivity contribution is 14.1. The summed E-state index contributed by atoms with van der Waals surface area (Å²) in [5, 5.41) is 2.49. The molecule has 0 aliphatic carbocycles. The molecule has 2 aromatic carbocycles. The van der Waals surface area contributed by atoms with Crippen molar-refractivity contribution >= 4 is 40.3 Å². The predicted molar refractivity (Wildman–Crippen MR) is 104 cm³/mol. The van der Waals surface area contributed by atoms with E-state index in [4.69, 9.17) is 9.47 Å². The molecule has 1 atom stereocenters. The molecule has 3 rings (SSSR count). The van der Waals surface area contributed by atoms with Crippen LogP contribution in [0, 0.1) is 3.57 Å². The molecule has 8 nitrogen and oxygen atoms in total. The van der Waals surface area contributed by atoms with Crippen molar-refractivity contribution in [2.24, 2.45) is 0 Å². The summed E-state index contributed by atoms with van der Waals surface area (Å²) in [6.07, 6.45) is -0.888. The van der Waals surface area contributed by atoms with E-state index < -0.39 is 17.9 Å². The minimum absolute atomic E-state index is 0.0297. The zero-order valence-corrected chi connectivity index (χ0v) is 16.2. The van der Waals surface area contributed by atoms with Crippen molar-refractivity contribution in [3.05, 3.63) is 57.7 Å². The number of benzene rings is 2. The second-order valence-corrected chi connectivity index (χ2v) is 6.73. The maximum Gasteiger partial charge on any atom is 0.283 e. The highest BCUT2D eigenvalue weighted by Gasteiger charge is 2.27. The number of para-hydroxylation sites is 2. The van der Waals surface area contributed by atoms with Gasteiger partial charge in [-0.2, -0.15) is 0 Å². The fraction of sp³-hybridized carbons (Fsp3) is 0.167. The predicted octanol–water partition coefficient (Wildman–Crippen LogP) is 1.01. The molecule has 1 unspecified atom stereocenters. The Morgan fingerprint density at radius 3 is 2.48 bits per heavy atom. The zero-order chi connectivity index (χ0) is 19.2. The Balaban J connectivity index is 1.43. The first kappa shape index (κ1) is 19.0. The van der Waals surface area contributed by atoms with Crippen LogP contribution in [0.4, 0.5) is 0 Å². The topological polar surface area (TPSA) is 106 Å². The molecule has 3 amide bonds. The van der Waals surface area contributed by atoms with Gasteiger partial charge in [0.05, 0.1) is 12.1 Å². The first-order chi connectivity index (χ1) is 13.0. The lowest BCUT2D eigenvalue weighted by atomic mass is 10.2. The Bertz CT molecular complexity index is 874. The number of halogens is 1. The van der Waals surface area contributed by atoms with Crippen LogP contribution in [0.5, 0.6) is 11.5 Å². The molecule has 27 heavy (non-hydrogen) atoms. The number of rotatable bonds is 4. The van der Waals surface area contributed by atoms with Crippen molar-refractivity contribution in [1.82, 2.24) is 16.2 Å². The molecular formula is C18H16IN3O5. The second kappa shape index (κ2) is 8.71. The maximum atomic E-state index is 12.1. The van der Waals surface area contributed by atoms with Crippen LogP contribution in [0.3, 0.4) is 0 Å². The van der Waals surface area contributed by atoms with E-state index >= 15 is 0 Å². The van der Waals surface area contributed by atoms with Gasteiger partial charge in [-0.3, -0.25) is 25.2 Å². The van der Waals surface area contributed by atoms with E-state index in [1.54, 1.807) is 42.5 Å². The Morgan fingerprint density at radius 2 is 1.70 bits per heavy atom. The molecule has 0 aromatic heterocycles. The monoisotopic (exact) mass is 481 g/mol. The van der Waals surface area contributed by atoms with Gasteiger partial charge in [0.25, 0.3) is 17.7 Å². The van der Waals surface area contributed by atoms with Gasteiger partial charge in [0.2, 0.25) is 6.10 Å². The molecule has 0 saturated heterocycles. The first-order valence-corrected chi connectivity index (χ1v) is 9.12. The van der Waals surface area contributed by atoms with Crippen LogP contribution in [0.15, 0.2) is 48.5 Å². The van der Waals surface area contributed by atoms with Gasteiger partial charge in [-0.05, 0) is 46.9 Å². The van der Waals surface area contributed by atoms with Crippen LogP contribution in [-0.4, -0.2) is 37.0 Å². The summed E-state index contributed by atoms with van der Waals surface area (Å²) in [5.74, 6) is -0.479. The summed E-state index contributed by atoms with van der Waals surface area (Å²) < 4.78 is 11.8. The van der Waals surface area contributed by atoms with Crippen LogP contribution in [0.1, 0.15) is 10.4 Å². The number of hydrogen-bond acceptors (Lipinski definition) is 5. The van der Waals surface area contributed by atoms with Gasteiger partial charge >= 0.3 is 0 Å². The molecule has 0 radical (unpaired) electrons. The van der Waals surface area contributed by atoms with Gasteiger partial charge in [0.15, 0.2) is 11.5 Å². The van der Waals surface area contributed by atoms with Crippen LogP contribution in [0.2, 0.25) is 0 Å². The van der Waals surface area contributed by atoms with E-state index in [9.17, 15) is 14.4 Å². The Hall–Kier alpha value is -2.82. The first-order valence-electron chi connectivity index (χ1n) is 8.04. The molecule has 0 bridgehead atoms. The van der Waals surface area contributed by atoms with E-state index in [-0.39, 0.29) is 19.1 Å². The summed E-state index contributed by atoms with van der Waals surface area (Å²) in [4.78, 5) is 36.0. The average molecular weight is 481 g/mol. The Labute approximate surface area is 168 Å². The fourth-order valence-corrected chi connectivity index (χ4v) is 2.94. The van der Waals surface area contributed by atoms with Crippen LogP contribution in [0.25, 0.3) is 0 Å². The minimum atomic E-state index is -0.888. The number of nitrogens with one attached hydrogen (secondary N) is 3. The second-order valence-electron chi connectivity index (χ2n) is 5.56. The molecule has 0 saturated carbocycles. The highest BCUT2D eigenvalue weighted by Crippen LogP contribution is 2.30. The third-order valence-electron chi connectivity index (χ3n) is 3.65. The lowest BCUT2D eigenvalue weighted by Gasteiger charge is -2.25. The molecule has 9 heteroatoms. The molecule has 0 fully saturated rings. The summed E-state index contributed by atoms with van der Waals surface area (Å²) in [6, 6.07) is 14.0. The van der Waals surface area contributed by atoms with E-state index in [1.165, 1.54) is 0 Å². The maximum absolute atomic E-state index is 12.1. The smallest absolute Gasteiger partial charge is 0.283 e. The third kappa shape index (κ3) is 4.88. The number of amides is 3. The number of carbonyl (C=O) groups is 3.